The lowest BCUT2D eigenvalue weighted by molar-refractivity contribution is 0.0696. The number of carboxylic acid groups (broad SMARTS) is 1. The molecule has 88 valence electrons. The minimum absolute atomic E-state index is 0.000517. The summed E-state index contributed by atoms with van der Waals surface area (Å²) in [7, 11) is 0. The van der Waals surface area contributed by atoms with Gasteiger partial charge in [0.05, 0.1) is 5.56 Å². The van der Waals surface area contributed by atoms with Gasteiger partial charge in [0.25, 0.3) is 0 Å². The van der Waals surface area contributed by atoms with Crippen molar-refractivity contribution in [3.8, 4) is 11.8 Å². The summed E-state index contributed by atoms with van der Waals surface area (Å²) >= 11 is 5.84. The summed E-state index contributed by atoms with van der Waals surface area (Å²) in [5, 5.41) is 15.4. The van der Waals surface area contributed by atoms with Gasteiger partial charge in [0.1, 0.15) is 5.02 Å². The molecule has 2 N–H and O–H groups in total. The maximum atomic E-state index is 10.7. The topological polar surface area (TPSA) is 88.1 Å². The zero-order valence-electron chi connectivity index (χ0n) is 8.77. The summed E-state index contributed by atoms with van der Waals surface area (Å²) in [6, 6.07) is 2.94. The van der Waals surface area contributed by atoms with E-state index < -0.39 is 5.97 Å². The van der Waals surface area contributed by atoms with Crippen LogP contribution < -0.4 is 4.74 Å². The number of hydrogen-bond donors (Lipinski definition) is 2. The van der Waals surface area contributed by atoms with E-state index in [1.807, 2.05) is 6.92 Å². The Morgan fingerprint density at radius 2 is 2.29 bits per heavy atom. The average molecular weight is 254 g/mol. The van der Waals surface area contributed by atoms with E-state index in [9.17, 15) is 4.79 Å². The van der Waals surface area contributed by atoms with Crippen LogP contribution in [0.3, 0.4) is 0 Å². The number of carboxylic acids is 1. The third kappa shape index (κ3) is 2.54. The lowest BCUT2D eigenvalue weighted by Gasteiger charge is -2.03. The highest BCUT2D eigenvalue weighted by Gasteiger charge is 2.11. The Balaban J connectivity index is 2.25. The molecule has 0 spiro atoms. The quantitative estimate of drug-likeness (QED) is 0.876. The molecule has 0 radical (unpaired) electrons. The third-order valence-electron chi connectivity index (χ3n) is 1.94. The second kappa shape index (κ2) is 4.42. The molecule has 17 heavy (non-hydrogen) atoms. The number of rotatable bonds is 3. The maximum Gasteiger partial charge on any atom is 0.337 e. The predicted octanol–water partition coefficient (Wildman–Crippen LogP) is 2.26. The van der Waals surface area contributed by atoms with Gasteiger partial charge in [-0.3, -0.25) is 5.10 Å². The number of pyridine rings is 1. The number of aromatic carboxylic acids is 1. The van der Waals surface area contributed by atoms with Gasteiger partial charge < -0.3 is 9.84 Å². The van der Waals surface area contributed by atoms with E-state index in [1.54, 1.807) is 6.07 Å². The minimum Gasteiger partial charge on any atom is -0.478 e. The van der Waals surface area contributed by atoms with Gasteiger partial charge in [-0.15, -0.1) is 5.10 Å². The lowest BCUT2D eigenvalue weighted by atomic mass is 10.3. The highest BCUT2D eigenvalue weighted by atomic mass is 35.5. The second-order valence-electron chi connectivity index (χ2n) is 3.31. The SMILES string of the molecule is Cc1cc(Oc2ncc(C(=O)O)cc2Cl)n[nH]1. The number of nitrogens with zero attached hydrogens (tertiary/aromatic N) is 2. The van der Waals surface area contributed by atoms with Crippen molar-refractivity contribution in [3.05, 3.63) is 34.6 Å². The molecular formula is C10H8ClN3O3. The Kier molecular flexibility index (Phi) is 2.97. The first kappa shape index (κ1) is 11.4. The van der Waals surface area contributed by atoms with Crippen LogP contribution in [0.25, 0.3) is 0 Å². The maximum absolute atomic E-state index is 10.7. The van der Waals surface area contributed by atoms with Crippen molar-refractivity contribution in [1.82, 2.24) is 15.2 Å². The molecule has 0 atom stereocenters. The summed E-state index contributed by atoms with van der Waals surface area (Å²) in [6.07, 6.45) is 1.17. The van der Waals surface area contributed by atoms with Crippen LogP contribution in [0, 0.1) is 6.92 Å². The smallest absolute Gasteiger partial charge is 0.337 e. The van der Waals surface area contributed by atoms with E-state index in [1.165, 1.54) is 12.3 Å². The Bertz CT molecular complexity index is 568. The molecule has 0 fully saturated rings. The number of hydrogen-bond acceptors (Lipinski definition) is 4. The first-order valence-corrected chi connectivity index (χ1v) is 5.03. The highest BCUT2D eigenvalue weighted by Crippen LogP contribution is 2.26. The number of aromatic amines is 1. The first-order valence-electron chi connectivity index (χ1n) is 4.65. The van der Waals surface area contributed by atoms with E-state index >= 15 is 0 Å². The minimum atomic E-state index is -1.10. The number of nitrogens with one attached hydrogen (secondary N) is 1. The van der Waals surface area contributed by atoms with Crippen LogP contribution in [-0.4, -0.2) is 26.3 Å². The van der Waals surface area contributed by atoms with Crippen molar-refractivity contribution in [2.75, 3.05) is 0 Å². The van der Waals surface area contributed by atoms with Crippen molar-refractivity contribution in [2.45, 2.75) is 6.92 Å². The first-order chi connectivity index (χ1) is 8.06. The average Bonchev–Trinajstić information content (AvgIpc) is 2.67. The summed E-state index contributed by atoms with van der Waals surface area (Å²) in [6.45, 7) is 1.82. The largest absolute Gasteiger partial charge is 0.478 e. The Morgan fingerprint density at radius 3 is 2.82 bits per heavy atom. The predicted molar refractivity (Wildman–Crippen MR) is 59.6 cm³/mol. The molecular weight excluding hydrogens is 246 g/mol. The molecule has 0 saturated heterocycles. The van der Waals surface area contributed by atoms with Crippen LogP contribution in [0.2, 0.25) is 5.02 Å². The van der Waals surface area contributed by atoms with Gasteiger partial charge in [0.15, 0.2) is 0 Å². The van der Waals surface area contributed by atoms with Gasteiger partial charge in [-0.05, 0) is 13.0 Å². The van der Waals surface area contributed by atoms with E-state index in [4.69, 9.17) is 21.4 Å². The molecule has 0 aromatic carbocycles. The fourth-order valence-corrected chi connectivity index (χ4v) is 1.37. The number of halogens is 1. The van der Waals surface area contributed by atoms with Crippen LogP contribution in [-0.2, 0) is 0 Å². The molecule has 0 aliphatic rings. The Hall–Kier alpha value is -2.08. The molecule has 7 heteroatoms. The summed E-state index contributed by atoms with van der Waals surface area (Å²) < 4.78 is 5.29. The number of carbonyl (C=O) groups is 1. The fraction of sp³-hybridized carbons (Fsp3) is 0.100. The lowest BCUT2D eigenvalue weighted by Crippen LogP contribution is -1.98. The number of ether oxygens (including phenoxy) is 1. The zero-order valence-corrected chi connectivity index (χ0v) is 9.52. The van der Waals surface area contributed by atoms with Crippen molar-refractivity contribution < 1.29 is 14.6 Å². The number of H-pyrrole nitrogens is 1. The third-order valence-corrected chi connectivity index (χ3v) is 2.21. The number of aryl methyl sites for hydroxylation is 1. The molecule has 0 amide bonds. The second-order valence-corrected chi connectivity index (χ2v) is 3.71. The Morgan fingerprint density at radius 1 is 1.53 bits per heavy atom. The molecule has 2 aromatic rings. The van der Waals surface area contributed by atoms with E-state index in [0.717, 1.165) is 5.69 Å². The van der Waals surface area contributed by atoms with Crippen molar-refractivity contribution in [1.29, 1.82) is 0 Å². The van der Waals surface area contributed by atoms with Crippen molar-refractivity contribution in [2.24, 2.45) is 0 Å². The van der Waals surface area contributed by atoms with Crippen LogP contribution in [0.4, 0.5) is 0 Å². The summed E-state index contributed by atoms with van der Waals surface area (Å²) in [5.41, 5.74) is 0.832. The van der Waals surface area contributed by atoms with E-state index in [2.05, 4.69) is 15.2 Å². The molecule has 6 nitrogen and oxygen atoms in total. The van der Waals surface area contributed by atoms with Crippen LogP contribution in [0.1, 0.15) is 16.1 Å². The van der Waals surface area contributed by atoms with Crippen LogP contribution >= 0.6 is 11.6 Å². The molecule has 2 heterocycles. The molecule has 0 saturated carbocycles. The molecule has 2 rings (SSSR count). The van der Waals surface area contributed by atoms with Gasteiger partial charge in [-0.25, -0.2) is 9.78 Å². The number of aromatic nitrogens is 3. The summed E-state index contributed by atoms with van der Waals surface area (Å²) in [5.74, 6) is -0.662. The zero-order chi connectivity index (χ0) is 12.4. The normalized spacial score (nSPS) is 10.2. The van der Waals surface area contributed by atoms with Crippen LogP contribution in [0.5, 0.6) is 11.8 Å². The van der Waals surface area contributed by atoms with Gasteiger partial charge in [0.2, 0.25) is 11.8 Å². The molecule has 0 aliphatic heterocycles. The van der Waals surface area contributed by atoms with Gasteiger partial charge in [-0.2, -0.15) is 0 Å². The molecule has 0 aliphatic carbocycles. The van der Waals surface area contributed by atoms with E-state index in [0.29, 0.717) is 5.88 Å². The van der Waals surface area contributed by atoms with E-state index in [-0.39, 0.29) is 16.5 Å². The molecule has 2 aromatic heterocycles. The highest BCUT2D eigenvalue weighted by molar-refractivity contribution is 6.32. The van der Waals surface area contributed by atoms with Gasteiger partial charge in [-0.1, -0.05) is 11.6 Å². The van der Waals surface area contributed by atoms with Gasteiger partial charge in [0, 0.05) is 18.0 Å². The molecule has 0 unspecified atom stereocenters. The fourth-order valence-electron chi connectivity index (χ4n) is 1.16. The standard InChI is InChI=1S/C10H8ClN3O3/c1-5-2-8(14-13-5)17-9-7(11)3-6(4-12-9)10(15)16/h2-4H,1H3,(H,13,14)(H,15,16). The summed E-state index contributed by atoms with van der Waals surface area (Å²) in [4.78, 5) is 14.5. The van der Waals surface area contributed by atoms with Gasteiger partial charge >= 0.3 is 5.97 Å². The monoisotopic (exact) mass is 253 g/mol. The van der Waals surface area contributed by atoms with Crippen molar-refractivity contribution in [3.63, 3.8) is 0 Å². The van der Waals surface area contributed by atoms with Crippen molar-refractivity contribution >= 4 is 17.6 Å². The molecule has 0 bridgehead atoms. The Labute approximate surface area is 101 Å². The van der Waals surface area contributed by atoms with Crippen LogP contribution in [0.15, 0.2) is 18.3 Å².